The summed E-state index contributed by atoms with van der Waals surface area (Å²) in [5, 5.41) is 22.9. The minimum atomic E-state index is -4.36. The third-order valence-corrected chi connectivity index (χ3v) is 7.00. The van der Waals surface area contributed by atoms with Crippen molar-refractivity contribution in [3.63, 3.8) is 0 Å². The van der Waals surface area contributed by atoms with Crippen molar-refractivity contribution < 1.29 is 53.0 Å². The maximum atomic E-state index is 12.8. The highest BCUT2D eigenvalue weighted by molar-refractivity contribution is 7.58. The number of phenolic OH excluding ortho intramolecular Hbond substituents is 1. The zero-order valence-electron chi connectivity index (χ0n) is 20.4. The van der Waals surface area contributed by atoms with Crippen molar-refractivity contribution in [2.45, 2.75) is 31.8 Å². The SMILES string of the molecule is CCOC(=O)COc1ccc(C(O)P(=O)(O)CCC(NC(=O)OCc2ccccc2)C(=O)OC)cc1O. The second-order valence-corrected chi connectivity index (χ2v) is 10.2. The lowest BCUT2D eigenvalue weighted by atomic mass is 10.2. The lowest BCUT2D eigenvalue weighted by molar-refractivity contribution is -0.145. The molecule has 2 aromatic rings. The second-order valence-electron chi connectivity index (χ2n) is 7.74. The fraction of sp³-hybridized carbons (Fsp3) is 0.375. The molecule has 0 fully saturated rings. The first-order valence-electron chi connectivity index (χ1n) is 11.2. The zero-order valence-corrected chi connectivity index (χ0v) is 21.3. The predicted octanol–water partition coefficient (Wildman–Crippen LogP) is 2.45. The number of nitrogens with one attached hydrogen (secondary N) is 1. The Morgan fingerprint density at radius 3 is 2.41 bits per heavy atom. The van der Waals surface area contributed by atoms with Gasteiger partial charge in [0.2, 0.25) is 7.37 Å². The molecule has 202 valence electrons. The van der Waals surface area contributed by atoms with Crippen LogP contribution in [0.2, 0.25) is 0 Å². The number of carbonyl (C=O) groups excluding carboxylic acids is 3. The first-order valence-corrected chi connectivity index (χ1v) is 13.1. The number of esters is 2. The minimum absolute atomic E-state index is 0.0548. The highest BCUT2D eigenvalue weighted by atomic mass is 31.2. The number of ether oxygens (including phenoxy) is 4. The number of rotatable bonds is 13. The van der Waals surface area contributed by atoms with Gasteiger partial charge in [-0.1, -0.05) is 36.4 Å². The zero-order chi connectivity index (χ0) is 27.4. The van der Waals surface area contributed by atoms with Crippen molar-refractivity contribution in [1.82, 2.24) is 5.32 Å². The topological polar surface area (TPSA) is 178 Å². The number of amides is 1. The van der Waals surface area contributed by atoms with Crippen LogP contribution in [0.5, 0.6) is 11.5 Å². The Hall–Kier alpha value is -3.60. The smallest absolute Gasteiger partial charge is 0.408 e. The molecule has 0 aliphatic heterocycles. The molecule has 37 heavy (non-hydrogen) atoms. The number of methoxy groups -OCH3 is 1. The van der Waals surface area contributed by atoms with Crippen LogP contribution in [0.15, 0.2) is 48.5 Å². The van der Waals surface area contributed by atoms with E-state index in [0.29, 0.717) is 0 Å². The average molecular weight is 539 g/mol. The number of phenols is 1. The molecule has 3 unspecified atom stereocenters. The maximum absolute atomic E-state index is 12.8. The third-order valence-electron chi connectivity index (χ3n) is 5.04. The van der Waals surface area contributed by atoms with Crippen molar-refractivity contribution >= 4 is 25.4 Å². The molecular weight excluding hydrogens is 509 g/mol. The van der Waals surface area contributed by atoms with Crippen molar-refractivity contribution in [3.05, 3.63) is 59.7 Å². The standard InChI is InChI=1S/C24H30NO11P/c1-3-34-21(27)15-35-20-10-9-17(13-19(20)26)23(29)37(31,32)12-11-18(22(28)33-2)25-24(30)36-14-16-7-5-4-6-8-16/h4-10,13,18,23,26,29H,3,11-12,14-15H2,1-2H3,(H,25,30)(H,31,32). The highest BCUT2D eigenvalue weighted by Crippen LogP contribution is 2.55. The lowest BCUT2D eigenvalue weighted by Gasteiger charge is -2.22. The molecule has 0 spiro atoms. The van der Waals surface area contributed by atoms with Gasteiger partial charge in [-0.15, -0.1) is 0 Å². The van der Waals surface area contributed by atoms with Gasteiger partial charge in [-0.25, -0.2) is 14.4 Å². The summed E-state index contributed by atoms with van der Waals surface area (Å²) >= 11 is 0. The molecule has 13 heteroatoms. The first-order chi connectivity index (χ1) is 17.6. The monoisotopic (exact) mass is 539 g/mol. The lowest BCUT2D eigenvalue weighted by Crippen LogP contribution is -2.42. The predicted molar refractivity (Wildman–Crippen MR) is 130 cm³/mol. The van der Waals surface area contributed by atoms with Crippen LogP contribution in [-0.2, 0) is 35.0 Å². The van der Waals surface area contributed by atoms with Crippen LogP contribution in [-0.4, -0.2) is 65.7 Å². The molecule has 0 saturated carbocycles. The Bertz CT molecular complexity index is 1110. The number of hydrogen-bond donors (Lipinski definition) is 4. The Morgan fingerprint density at radius 1 is 1.08 bits per heavy atom. The molecule has 1 amide bonds. The quantitative estimate of drug-likeness (QED) is 0.167. The molecular formula is C24H30NO11P. The molecule has 0 heterocycles. The molecule has 2 rings (SSSR count). The number of benzene rings is 2. The van der Waals surface area contributed by atoms with Gasteiger partial charge in [-0.05, 0) is 36.6 Å². The van der Waals surface area contributed by atoms with Gasteiger partial charge in [0.05, 0.1) is 13.7 Å². The molecule has 0 saturated heterocycles. The van der Waals surface area contributed by atoms with Crippen LogP contribution >= 0.6 is 7.37 Å². The van der Waals surface area contributed by atoms with Gasteiger partial charge in [0.15, 0.2) is 24.0 Å². The van der Waals surface area contributed by atoms with E-state index in [2.05, 4.69) is 10.1 Å². The van der Waals surface area contributed by atoms with Gasteiger partial charge in [-0.2, -0.15) is 0 Å². The molecule has 0 radical (unpaired) electrons. The van der Waals surface area contributed by atoms with Crippen LogP contribution in [0.4, 0.5) is 4.79 Å². The molecule has 0 aromatic heterocycles. The van der Waals surface area contributed by atoms with Crippen LogP contribution in [0.25, 0.3) is 0 Å². The van der Waals surface area contributed by atoms with Gasteiger partial charge >= 0.3 is 18.0 Å². The van der Waals surface area contributed by atoms with Gasteiger partial charge in [0, 0.05) is 6.16 Å². The van der Waals surface area contributed by atoms with E-state index in [-0.39, 0.29) is 30.9 Å². The minimum Gasteiger partial charge on any atom is -0.504 e. The molecule has 0 aliphatic carbocycles. The van der Waals surface area contributed by atoms with E-state index in [0.717, 1.165) is 18.7 Å². The number of carbonyl (C=O) groups is 3. The van der Waals surface area contributed by atoms with Crippen molar-refractivity contribution in [2.24, 2.45) is 0 Å². The van der Waals surface area contributed by atoms with E-state index in [9.17, 15) is 34.1 Å². The number of alkyl carbamates (subject to hydrolysis) is 1. The number of aliphatic hydroxyl groups is 1. The van der Waals surface area contributed by atoms with E-state index in [1.165, 1.54) is 12.1 Å². The van der Waals surface area contributed by atoms with E-state index in [1.54, 1.807) is 37.3 Å². The molecule has 0 bridgehead atoms. The van der Waals surface area contributed by atoms with Gasteiger partial charge in [-0.3, -0.25) is 4.57 Å². The Labute approximate surface area is 213 Å². The van der Waals surface area contributed by atoms with Gasteiger partial charge in [0.25, 0.3) is 0 Å². The summed E-state index contributed by atoms with van der Waals surface area (Å²) in [5.74, 6) is -4.01. The van der Waals surface area contributed by atoms with Gasteiger partial charge in [0.1, 0.15) is 12.6 Å². The summed E-state index contributed by atoms with van der Waals surface area (Å²) in [6.45, 7) is 1.27. The van der Waals surface area contributed by atoms with E-state index < -0.39 is 55.8 Å². The molecule has 0 aliphatic rings. The number of aromatic hydroxyl groups is 1. The van der Waals surface area contributed by atoms with Crippen molar-refractivity contribution in [2.75, 3.05) is 26.5 Å². The molecule has 4 N–H and O–H groups in total. The Kier molecular flexibility index (Phi) is 11.4. The summed E-state index contributed by atoms with van der Waals surface area (Å²) < 4.78 is 32.4. The summed E-state index contributed by atoms with van der Waals surface area (Å²) in [6.07, 6.45) is -1.85. The average Bonchev–Trinajstić information content (AvgIpc) is 2.89. The summed E-state index contributed by atoms with van der Waals surface area (Å²) in [4.78, 5) is 46.1. The number of hydrogen-bond acceptors (Lipinski definition) is 10. The first kappa shape index (κ1) is 29.6. The summed E-state index contributed by atoms with van der Waals surface area (Å²) in [5.41, 5.74) is 0.618. The normalized spacial score (nSPS) is 13.9. The second kappa shape index (κ2) is 14.2. The van der Waals surface area contributed by atoms with Gasteiger partial charge < -0.3 is 39.4 Å². The van der Waals surface area contributed by atoms with E-state index >= 15 is 0 Å². The van der Waals surface area contributed by atoms with Crippen LogP contribution in [0.3, 0.4) is 0 Å². The fourth-order valence-corrected chi connectivity index (χ4v) is 4.62. The summed E-state index contributed by atoms with van der Waals surface area (Å²) in [7, 11) is -3.27. The molecule has 3 atom stereocenters. The maximum Gasteiger partial charge on any atom is 0.408 e. The van der Waals surface area contributed by atoms with Crippen LogP contribution in [0.1, 0.15) is 30.3 Å². The highest BCUT2D eigenvalue weighted by Gasteiger charge is 2.34. The largest absolute Gasteiger partial charge is 0.504 e. The summed E-state index contributed by atoms with van der Waals surface area (Å²) in [6, 6.07) is 11.0. The fourth-order valence-electron chi connectivity index (χ4n) is 3.12. The number of aliphatic hydroxyl groups excluding tert-OH is 1. The molecule has 12 nitrogen and oxygen atoms in total. The van der Waals surface area contributed by atoms with Crippen LogP contribution < -0.4 is 10.1 Å². The van der Waals surface area contributed by atoms with Crippen molar-refractivity contribution in [3.8, 4) is 11.5 Å². The Morgan fingerprint density at radius 2 is 1.78 bits per heavy atom. The van der Waals surface area contributed by atoms with Crippen LogP contribution in [0, 0.1) is 0 Å². The third kappa shape index (κ3) is 9.41. The van der Waals surface area contributed by atoms with E-state index in [4.69, 9.17) is 14.2 Å². The van der Waals surface area contributed by atoms with Crippen molar-refractivity contribution in [1.29, 1.82) is 0 Å². The Balaban J connectivity index is 1.98. The molecule has 2 aromatic carbocycles. The van der Waals surface area contributed by atoms with E-state index in [1.807, 2.05) is 0 Å².